The largest absolute Gasteiger partial charge is 0.300 e. The first kappa shape index (κ1) is 11.5. The summed E-state index contributed by atoms with van der Waals surface area (Å²) >= 11 is 5.00. The molecule has 0 unspecified atom stereocenters. The van der Waals surface area contributed by atoms with Gasteiger partial charge in [-0.1, -0.05) is 28.1 Å². The Morgan fingerprint density at radius 2 is 2.31 bits per heavy atom. The van der Waals surface area contributed by atoms with Crippen LogP contribution in [0.2, 0.25) is 0 Å². The molecule has 0 saturated heterocycles. The molecule has 0 bridgehead atoms. The third-order valence-electron chi connectivity index (χ3n) is 2.05. The van der Waals surface area contributed by atoms with Crippen molar-refractivity contribution < 1.29 is 4.79 Å². The van der Waals surface area contributed by atoms with Crippen LogP contribution in [0.5, 0.6) is 0 Å². The summed E-state index contributed by atoms with van der Waals surface area (Å²) in [6.45, 7) is 1.60. The second-order valence-electron chi connectivity index (χ2n) is 3.52. The summed E-state index contributed by atoms with van der Waals surface area (Å²) in [4.78, 5) is 16.3. The number of halogens is 1. The van der Waals surface area contributed by atoms with Crippen LogP contribution in [-0.4, -0.2) is 10.8 Å². The predicted octanol–water partition coefficient (Wildman–Crippen LogP) is 3.70. The first-order valence-corrected chi connectivity index (χ1v) is 6.46. The number of aromatic nitrogens is 1. The summed E-state index contributed by atoms with van der Waals surface area (Å²) in [5, 5.41) is 0.956. The van der Waals surface area contributed by atoms with Gasteiger partial charge in [0.15, 0.2) is 0 Å². The van der Waals surface area contributed by atoms with Crippen molar-refractivity contribution in [2.24, 2.45) is 0 Å². The molecule has 1 heterocycles. The minimum Gasteiger partial charge on any atom is -0.300 e. The summed E-state index contributed by atoms with van der Waals surface area (Å²) in [6, 6.07) is 8.00. The summed E-state index contributed by atoms with van der Waals surface area (Å²) in [7, 11) is 0. The van der Waals surface area contributed by atoms with Gasteiger partial charge in [0, 0.05) is 27.5 Å². The van der Waals surface area contributed by atoms with E-state index in [1.165, 1.54) is 0 Å². The fraction of sp³-hybridized carbons (Fsp3) is 0.167. The van der Waals surface area contributed by atoms with Gasteiger partial charge in [0.25, 0.3) is 0 Å². The van der Waals surface area contributed by atoms with E-state index in [9.17, 15) is 4.79 Å². The number of hydrogen-bond donors (Lipinski definition) is 0. The van der Waals surface area contributed by atoms with E-state index in [0.29, 0.717) is 6.42 Å². The Balaban J connectivity index is 2.28. The lowest BCUT2D eigenvalue weighted by atomic mass is 10.2. The number of carbonyl (C=O) groups excluding carboxylic acids is 1. The SMILES string of the molecule is CC(=O)Cc1cnc(-c2cccc(Br)c2)s1. The van der Waals surface area contributed by atoms with E-state index in [-0.39, 0.29) is 5.78 Å². The second kappa shape index (κ2) is 4.89. The molecule has 0 fully saturated rings. The van der Waals surface area contributed by atoms with Crippen LogP contribution in [0.3, 0.4) is 0 Å². The molecule has 0 aliphatic rings. The minimum atomic E-state index is 0.171. The van der Waals surface area contributed by atoms with Crippen LogP contribution in [0, 0.1) is 0 Å². The highest BCUT2D eigenvalue weighted by molar-refractivity contribution is 9.10. The standard InChI is InChI=1S/C12H10BrNOS/c1-8(15)5-11-7-14-12(16-11)9-3-2-4-10(13)6-9/h2-4,6-7H,5H2,1H3. The van der Waals surface area contributed by atoms with E-state index in [2.05, 4.69) is 20.9 Å². The molecule has 2 rings (SSSR count). The lowest BCUT2D eigenvalue weighted by Crippen LogP contribution is -1.92. The molecule has 0 atom stereocenters. The normalized spacial score (nSPS) is 10.4. The van der Waals surface area contributed by atoms with Gasteiger partial charge in [-0.2, -0.15) is 0 Å². The Kier molecular flexibility index (Phi) is 3.51. The Bertz CT molecular complexity index is 521. The van der Waals surface area contributed by atoms with Crippen LogP contribution in [0.15, 0.2) is 34.9 Å². The van der Waals surface area contributed by atoms with E-state index < -0.39 is 0 Å². The van der Waals surface area contributed by atoms with Gasteiger partial charge in [0.1, 0.15) is 10.8 Å². The first-order valence-electron chi connectivity index (χ1n) is 4.85. The summed E-state index contributed by atoms with van der Waals surface area (Å²) < 4.78 is 1.04. The van der Waals surface area contributed by atoms with Crippen LogP contribution in [-0.2, 0) is 11.2 Å². The van der Waals surface area contributed by atoms with Crippen molar-refractivity contribution in [2.75, 3.05) is 0 Å². The number of rotatable bonds is 3. The minimum absolute atomic E-state index is 0.171. The van der Waals surface area contributed by atoms with Gasteiger partial charge in [-0.3, -0.25) is 4.79 Å². The fourth-order valence-corrected chi connectivity index (χ4v) is 2.77. The zero-order chi connectivity index (χ0) is 11.5. The topological polar surface area (TPSA) is 30.0 Å². The highest BCUT2D eigenvalue weighted by Gasteiger charge is 2.06. The van der Waals surface area contributed by atoms with Crippen molar-refractivity contribution in [1.82, 2.24) is 4.98 Å². The van der Waals surface area contributed by atoms with Gasteiger partial charge in [-0.15, -0.1) is 11.3 Å². The molecule has 1 aromatic carbocycles. The molecular weight excluding hydrogens is 286 g/mol. The van der Waals surface area contributed by atoms with E-state index >= 15 is 0 Å². The molecule has 0 amide bonds. The van der Waals surface area contributed by atoms with Crippen LogP contribution in [0.25, 0.3) is 10.6 Å². The predicted molar refractivity (Wildman–Crippen MR) is 69.6 cm³/mol. The van der Waals surface area contributed by atoms with Gasteiger partial charge in [0.2, 0.25) is 0 Å². The summed E-state index contributed by atoms with van der Waals surface area (Å²) in [5.74, 6) is 0.171. The third kappa shape index (κ3) is 2.77. The van der Waals surface area contributed by atoms with E-state index in [0.717, 1.165) is 19.9 Å². The number of benzene rings is 1. The summed E-state index contributed by atoms with van der Waals surface area (Å²) in [5.41, 5.74) is 1.08. The van der Waals surface area contributed by atoms with Gasteiger partial charge in [0.05, 0.1) is 0 Å². The third-order valence-corrected chi connectivity index (χ3v) is 3.59. The van der Waals surface area contributed by atoms with Crippen LogP contribution < -0.4 is 0 Å². The molecule has 0 N–H and O–H groups in total. The number of hydrogen-bond acceptors (Lipinski definition) is 3. The molecule has 16 heavy (non-hydrogen) atoms. The fourth-order valence-electron chi connectivity index (χ4n) is 1.39. The monoisotopic (exact) mass is 295 g/mol. The lowest BCUT2D eigenvalue weighted by molar-refractivity contribution is -0.116. The lowest BCUT2D eigenvalue weighted by Gasteiger charge is -1.96. The maximum atomic E-state index is 11.0. The molecule has 82 valence electrons. The molecular formula is C12H10BrNOS. The number of Topliss-reactive ketones (excluding diaryl/α,β-unsaturated/α-hetero) is 1. The maximum absolute atomic E-state index is 11.0. The zero-order valence-electron chi connectivity index (χ0n) is 8.74. The number of thiazole rings is 1. The number of ketones is 1. The quantitative estimate of drug-likeness (QED) is 0.864. The van der Waals surface area contributed by atoms with Crippen LogP contribution in [0.1, 0.15) is 11.8 Å². The van der Waals surface area contributed by atoms with Gasteiger partial charge in [-0.25, -0.2) is 4.98 Å². The summed E-state index contributed by atoms with van der Waals surface area (Å²) in [6.07, 6.45) is 2.26. The molecule has 4 heteroatoms. The average Bonchev–Trinajstić information content (AvgIpc) is 2.65. The Labute approximate surface area is 106 Å². The maximum Gasteiger partial charge on any atom is 0.135 e. The molecule has 0 radical (unpaired) electrons. The smallest absolute Gasteiger partial charge is 0.135 e. The molecule has 1 aromatic heterocycles. The van der Waals surface area contributed by atoms with E-state index in [4.69, 9.17) is 0 Å². The van der Waals surface area contributed by atoms with Gasteiger partial charge >= 0.3 is 0 Å². The second-order valence-corrected chi connectivity index (χ2v) is 5.55. The zero-order valence-corrected chi connectivity index (χ0v) is 11.1. The van der Waals surface area contributed by atoms with Crippen molar-refractivity contribution >= 4 is 33.0 Å². The highest BCUT2D eigenvalue weighted by Crippen LogP contribution is 2.27. The van der Waals surface area contributed by atoms with E-state index in [1.54, 1.807) is 24.5 Å². The van der Waals surface area contributed by atoms with Crippen molar-refractivity contribution in [2.45, 2.75) is 13.3 Å². The van der Waals surface area contributed by atoms with Gasteiger partial charge < -0.3 is 0 Å². The number of nitrogens with zero attached hydrogens (tertiary/aromatic N) is 1. The first-order chi connectivity index (χ1) is 7.65. The Morgan fingerprint density at radius 3 is 3.00 bits per heavy atom. The molecule has 0 saturated carbocycles. The van der Waals surface area contributed by atoms with Crippen molar-refractivity contribution in [1.29, 1.82) is 0 Å². The Morgan fingerprint density at radius 1 is 1.50 bits per heavy atom. The van der Waals surface area contributed by atoms with Gasteiger partial charge in [-0.05, 0) is 19.1 Å². The van der Waals surface area contributed by atoms with Crippen LogP contribution in [0.4, 0.5) is 0 Å². The highest BCUT2D eigenvalue weighted by atomic mass is 79.9. The van der Waals surface area contributed by atoms with Crippen molar-refractivity contribution in [3.63, 3.8) is 0 Å². The Hall–Kier alpha value is -1.000. The number of carbonyl (C=O) groups is 1. The molecule has 2 aromatic rings. The van der Waals surface area contributed by atoms with Crippen molar-refractivity contribution in [3.8, 4) is 10.6 Å². The molecule has 0 aliphatic heterocycles. The molecule has 2 nitrogen and oxygen atoms in total. The average molecular weight is 296 g/mol. The molecule has 0 spiro atoms. The van der Waals surface area contributed by atoms with Crippen LogP contribution >= 0.6 is 27.3 Å². The molecule has 0 aliphatic carbocycles. The van der Waals surface area contributed by atoms with E-state index in [1.807, 2.05) is 24.3 Å². The van der Waals surface area contributed by atoms with Crippen molar-refractivity contribution in [3.05, 3.63) is 39.8 Å².